The van der Waals surface area contributed by atoms with Crippen LogP contribution in [0.3, 0.4) is 0 Å². The minimum atomic E-state index is -1.32. The van der Waals surface area contributed by atoms with Crippen molar-refractivity contribution in [2.75, 3.05) is 0 Å². The van der Waals surface area contributed by atoms with E-state index in [0.717, 1.165) is 15.9 Å². The maximum Gasteiger partial charge on any atom is 0.328 e. The molecule has 0 atom stereocenters. The van der Waals surface area contributed by atoms with E-state index in [1.54, 1.807) is 4.68 Å². The molecule has 0 spiro atoms. The Kier molecular flexibility index (Phi) is 5.15. The SMILES string of the molecule is CCn1nc(C)c(Br)c1CNC(=O)NC(C)(C)C(=O)O. The number of nitrogens with one attached hydrogen (secondary N) is 2. The van der Waals surface area contributed by atoms with Crippen molar-refractivity contribution in [2.45, 2.75) is 46.3 Å². The number of aromatic nitrogens is 2. The van der Waals surface area contributed by atoms with Gasteiger partial charge in [-0.25, -0.2) is 9.59 Å². The van der Waals surface area contributed by atoms with Gasteiger partial charge in [-0.15, -0.1) is 0 Å². The van der Waals surface area contributed by atoms with Crippen LogP contribution in [0, 0.1) is 6.92 Å². The number of carboxylic acid groups (broad SMARTS) is 1. The zero-order valence-electron chi connectivity index (χ0n) is 12.0. The molecule has 7 nitrogen and oxygen atoms in total. The van der Waals surface area contributed by atoms with Gasteiger partial charge in [0.05, 0.1) is 22.4 Å². The van der Waals surface area contributed by atoms with Crippen molar-refractivity contribution in [3.05, 3.63) is 15.9 Å². The highest BCUT2D eigenvalue weighted by Gasteiger charge is 2.28. The lowest BCUT2D eigenvalue weighted by Crippen LogP contribution is -2.53. The van der Waals surface area contributed by atoms with Crippen LogP contribution in [0.25, 0.3) is 0 Å². The maximum absolute atomic E-state index is 11.7. The molecule has 0 aliphatic heterocycles. The zero-order chi connectivity index (χ0) is 15.5. The highest BCUT2D eigenvalue weighted by atomic mass is 79.9. The molecule has 0 bridgehead atoms. The molecule has 3 N–H and O–H groups in total. The number of nitrogens with zero attached hydrogens (tertiary/aromatic N) is 2. The Bertz CT molecular complexity index is 525. The second kappa shape index (κ2) is 6.25. The summed E-state index contributed by atoms with van der Waals surface area (Å²) in [5.41, 5.74) is 0.366. The predicted octanol–water partition coefficient (Wildman–Crippen LogP) is 1.64. The molecule has 0 aromatic carbocycles. The van der Waals surface area contributed by atoms with Gasteiger partial charge in [0.15, 0.2) is 0 Å². The first-order chi connectivity index (χ1) is 9.19. The summed E-state index contributed by atoms with van der Waals surface area (Å²) >= 11 is 3.43. The first-order valence-electron chi connectivity index (χ1n) is 6.20. The van der Waals surface area contributed by atoms with E-state index >= 15 is 0 Å². The minimum absolute atomic E-state index is 0.261. The lowest BCUT2D eigenvalue weighted by molar-refractivity contribution is -0.142. The van der Waals surface area contributed by atoms with E-state index in [1.807, 2.05) is 13.8 Å². The maximum atomic E-state index is 11.7. The summed E-state index contributed by atoms with van der Waals surface area (Å²) in [5, 5.41) is 18.3. The summed E-state index contributed by atoms with van der Waals surface area (Å²) in [5.74, 6) is -1.09. The monoisotopic (exact) mass is 346 g/mol. The molecule has 20 heavy (non-hydrogen) atoms. The van der Waals surface area contributed by atoms with Crippen LogP contribution < -0.4 is 10.6 Å². The second-order valence-corrected chi connectivity index (χ2v) is 5.69. The van der Waals surface area contributed by atoms with E-state index in [0.29, 0.717) is 6.54 Å². The molecule has 1 aromatic heterocycles. The molecule has 0 unspecified atom stereocenters. The van der Waals surface area contributed by atoms with E-state index in [1.165, 1.54) is 13.8 Å². The smallest absolute Gasteiger partial charge is 0.328 e. The van der Waals surface area contributed by atoms with Crippen LogP contribution in [-0.4, -0.2) is 32.4 Å². The Morgan fingerprint density at radius 2 is 2.05 bits per heavy atom. The van der Waals surface area contributed by atoms with Gasteiger partial charge in [-0.05, 0) is 43.6 Å². The van der Waals surface area contributed by atoms with Crippen LogP contribution in [0.5, 0.6) is 0 Å². The largest absolute Gasteiger partial charge is 0.480 e. The molecule has 1 aromatic rings. The van der Waals surface area contributed by atoms with Crippen LogP contribution in [0.15, 0.2) is 4.47 Å². The first-order valence-corrected chi connectivity index (χ1v) is 6.99. The number of carboxylic acids is 1. The highest BCUT2D eigenvalue weighted by molar-refractivity contribution is 9.10. The second-order valence-electron chi connectivity index (χ2n) is 4.90. The molecule has 1 heterocycles. The number of urea groups is 1. The Labute approximate surface area is 125 Å². The molecule has 0 saturated carbocycles. The summed E-state index contributed by atoms with van der Waals surface area (Å²) < 4.78 is 2.62. The average Bonchev–Trinajstić information content (AvgIpc) is 2.62. The highest BCUT2D eigenvalue weighted by Crippen LogP contribution is 2.20. The number of hydrogen-bond donors (Lipinski definition) is 3. The molecule has 112 valence electrons. The van der Waals surface area contributed by atoms with Crippen LogP contribution in [0.1, 0.15) is 32.2 Å². The normalized spacial score (nSPS) is 11.2. The third-order valence-electron chi connectivity index (χ3n) is 2.83. The van der Waals surface area contributed by atoms with Gasteiger partial charge in [0.25, 0.3) is 0 Å². The molecular weight excluding hydrogens is 328 g/mol. The molecule has 2 amide bonds. The molecule has 0 radical (unpaired) electrons. The van der Waals surface area contributed by atoms with Crippen molar-refractivity contribution in [3.8, 4) is 0 Å². The van der Waals surface area contributed by atoms with Gasteiger partial charge in [0, 0.05) is 6.54 Å². The third kappa shape index (κ3) is 3.72. The number of aryl methyl sites for hydroxylation is 2. The zero-order valence-corrected chi connectivity index (χ0v) is 13.5. The van der Waals surface area contributed by atoms with Gasteiger partial charge in [-0.2, -0.15) is 5.10 Å². The van der Waals surface area contributed by atoms with Crippen molar-refractivity contribution < 1.29 is 14.7 Å². The predicted molar refractivity (Wildman–Crippen MR) is 77.4 cm³/mol. The summed E-state index contributed by atoms with van der Waals surface area (Å²) in [6, 6.07) is -0.536. The lowest BCUT2D eigenvalue weighted by Gasteiger charge is -2.21. The van der Waals surface area contributed by atoms with E-state index in [4.69, 9.17) is 5.11 Å². The number of hydrogen-bond acceptors (Lipinski definition) is 3. The lowest BCUT2D eigenvalue weighted by atomic mass is 10.1. The van der Waals surface area contributed by atoms with Crippen molar-refractivity contribution in [3.63, 3.8) is 0 Å². The topological polar surface area (TPSA) is 96.3 Å². The van der Waals surface area contributed by atoms with Gasteiger partial charge in [-0.1, -0.05) is 0 Å². The van der Waals surface area contributed by atoms with E-state index in [-0.39, 0.29) is 6.54 Å². The van der Waals surface area contributed by atoms with Crippen molar-refractivity contribution in [1.82, 2.24) is 20.4 Å². The molecule has 0 fully saturated rings. The van der Waals surface area contributed by atoms with Crippen LogP contribution in [-0.2, 0) is 17.9 Å². The van der Waals surface area contributed by atoms with Crippen molar-refractivity contribution >= 4 is 27.9 Å². The van der Waals surface area contributed by atoms with Crippen LogP contribution >= 0.6 is 15.9 Å². The van der Waals surface area contributed by atoms with Gasteiger partial charge in [0.2, 0.25) is 0 Å². The minimum Gasteiger partial charge on any atom is -0.480 e. The van der Waals surface area contributed by atoms with Gasteiger partial charge in [-0.3, -0.25) is 4.68 Å². The standard InChI is InChI=1S/C12H19BrN4O3/c1-5-17-8(9(13)7(2)16-17)6-14-11(20)15-12(3,4)10(18)19/h5-6H2,1-4H3,(H,18,19)(H2,14,15,20). The fourth-order valence-electron chi connectivity index (χ4n) is 1.58. The quantitative estimate of drug-likeness (QED) is 0.754. The Morgan fingerprint density at radius 3 is 2.55 bits per heavy atom. The molecule has 0 aliphatic carbocycles. The fourth-order valence-corrected chi connectivity index (χ4v) is 2.01. The van der Waals surface area contributed by atoms with Crippen molar-refractivity contribution in [2.24, 2.45) is 0 Å². The van der Waals surface area contributed by atoms with E-state index in [2.05, 4.69) is 31.7 Å². The number of carbonyl (C=O) groups excluding carboxylic acids is 1. The van der Waals surface area contributed by atoms with Crippen LogP contribution in [0.4, 0.5) is 4.79 Å². The van der Waals surface area contributed by atoms with E-state index < -0.39 is 17.5 Å². The Balaban J connectivity index is 2.69. The van der Waals surface area contributed by atoms with E-state index in [9.17, 15) is 9.59 Å². The summed E-state index contributed by atoms with van der Waals surface area (Å²) in [6.07, 6.45) is 0. The summed E-state index contributed by atoms with van der Waals surface area (Å²) in [4.78, 5) is 22.6. The molecule has 8 heteroatoms. The average molecular weight is 347 g/mol. The summed E-state index contributed by atoms with van der Waals surface area (Å²) in [6.45, 7) is 7.61. The molecular formula is C12H19BrN4O3. The van der Waals surface area contributed by atoms with Gasteiger partial charge in [0.1, 0.15) is 5.54 Å². The molecule has 1 rings (SSSR count). The van der Waals surface area contributed by atoms with Gasteiger partial charge >= 0.3 is 12.0 Å². The third-order valence-corrected chi connectivity index (χ3v) is 3.86. The summed E-state index contributed by atoms with van der Waals surface area (Å²) in [7, 11) is 0. The number of aliphatic carboxylic acids is 1. The van der Waals surface area contributed by atoms with Gasteiger partial charge < -0.3 is 15.7 Å². The molecule has 0 aliphatic rings. The van der Waals surface area contributed by atoms with Crippen molar-refractivity contribution in [1.29, 1.82) is 0 Å². The number of rotatable bonds is 5. The Morgan fingerprint density at radius 1 is 1.45 bits per heavy atom. The Hall–Kier alpha value is -1.57. The number of halogens is 1. The fraction of sp³-hybridized carbons (Fsp3) is 0.583. The number of amides is 2. The number of carbonyl (C=O) groups is 2. The first kappa shape index (κ1) is 16.5. The molecule has 0 saturated heterocycles. The van der Waals surface area contributed by atoms with Crippen LogP contribution in [0.2, 0.25) is 0 Å².